The minimum Gasteiger partial charge on any atom is -0.493 e. The van der Waals surface area contributed by atoms with Crippen molar-refractivity contribution in [3.63, 3.8) is 0 Å². The van der Waals surface area contributed by atoms with Crippen molar-refractivity contribution in [2.75, 3.05) is 51.3 Å². The number of aryl methyl sites for hydroxylation is 1. The predicted molar refractivity (Wildman–Crippen MR) is 122 cm³/mol. The van der Waals surface area contributed by atoms with Crippen LogP contribution in [0.15, 0.2) is 49.1 Å². The van der Waals surface area contributed by atoms with E-state index in [0.717, 1.165) is 43.2 Å². The van der Waals surface area contributed by atoms with Crippen LogP contribution in [-0.2, 0) is 6.42 Å². The molecule has 6 heteroatoms. The lowest BCUT2D eigenvalue weighted by Gasteiger charge is -2.35. The van der Waals surface area contributed by atoms with Gasteiger partial charge in [-0.3, -0.25) is 0 Å². The van der Waals surface area contributed by atoms with Gasteiger partial charge in [-0.15, -0.1) is 6.58 Å². The normalized spacial score (nSPS) is 15.7. The van der Waals surface area contributed by atoms with Gasteiger partial charge in [0, 0.05) is 10.7 Å². The van der Waals surface area contributed by atoms with Gasteiger partial charge >= 0.3 is 0 Å². The Morgan fingerprint density at radius 1 is 1.20 bits per heavy atom. The maximum absolute atomic E-state index is 10.5. The third-order valence-corrected chi connectivity index (χ3v) is 5.78. The summed E-state index contributed by atoms with van der Waals surface area (Å²) in [5.74, 6) is 1.33. The zero-order valence-electron chi connectivity index (χ0n) is 17.9. The monoisotopic (exact) mass is 431 g/mol. The van der Waals surface area contributed by atoms with Crippen LogP contribution in [0.5, 0.6) is 11.5 Å². The Bertz CT molecular complexity index is 850. The van der Waals surface area contributed by atoms with Crippen molar-refractivity contribution in [2.24, 2.45) is 0 Å². The van der Waals surface area contributed by atoms with E-state index in [9.17, 15) is 5.11 Å². The number of piperazine rings is 1. The summed E-state index contributed by atoms with van der Waals surface area (Å²) >= 11 is 6.17. The molecule has 1 aliphatic rings. The Labute approximate surface area is 184 Å². The summed E-state index contributed by atoms with van der Waals surface area (Å²) in [6.45, 7) is 10.6. The Morgan fingerprint density at radius 2 is 1.97 bits per heavy atom. The maximum Gasteiger partial charge on any atom is 0.161 e. The molecule has 0 bridgehead atoms. The molecule has 0 amide bonds. The number of aliphatic hydroxyl groups is 1. The number of benzene rings is 2. The average Bonchev–Trinajstić information content (AvgIpc) is 2.75. The molecule has 1 fully saturated rings. The number of nitrogens with zero attached hydrogens (tertiary/aromatic N) is 1. The number of nitrogens with one attached hydrogen (secondary N) is 1. The molecular formula is C24H32ClN2O3+. The number of methoxy groups -OCH3 is 1. The molecule has 0 aliphatic carbocycles. The fraction of sp³-hybridized carbons (Fsp3) is 0.417. The van der Waals surface area contributed by atoms with Gasteiger partial charge in [0.25, 0.3) is 0 Å². The lowest BCUT2D eigenvalue weighted by atomic mass is 10.1. The first kappa shape index (κ1) is 22.5. The molecule has 2 N–H and O–H groups in total. The van der Waals surface area contributed by atoms with Crippen molar-refractivity contribution in [2.45, 2.75) is 19.4 Å². The van der Waals surface area contributed by atoms with Gasteiger partial charge in [0.1, 0.15) is 19.3 Å². The van der Waals surface area contributed by atoms with E-state index in [0.29, 0.717) is 18.0 Å². The second kappa shape index (κ2) is 10.7. The van der Waals surface area contributed by atoms with Crippen LogP contribution in [0.25, 0.3) is 0 Å². The molecule has 0 unspecified atom stereocenters. The van der Waals surface area contributed by atoms with Crippen molar-refractivity contribution in [1.82, 2.24) is 0 Å². The van der Waals surface area contributed by atoms with Crippen molar-refractivity contribution in [1.29, 1.82) is 0 Å². The first-order valence-electron chi connectivity index (χ1n) is 10.4. The van der Waals surface area contributed by atoms with Crippen molar-refractivity contribution in [3.8, 4) is 11.5 Å². The van der Waals surface area contributed by atoms with E-state index >= 15 is 0 Å². The minimum atomic E-state index is -0.531. The minimum absolute atomic E-state index is 0.248. The second-order valence-corrected chi connectivity index (χ2v) is 8.25. The fourth-order valence-corrected chi connectivity index (χ4v) is 4.06. The van der Waals surface area contributed by atoms with E-state index in [1.165, 1.54) is 16.2 Å². The van der Waals surface area contributed by atoms with Gasteiger partial charge in [-0.1, -0.05) is 29.8 Å². The molecule has 2 aromatic rings. The SMILES string of the molecule is C=CCc1ccc(OC[C@H](O)C[NH+]2CCN(c3cc(Cl)ccc3C)CC2)c(OC)c1. The summed E-state index contributed by atoms with van der Waals surface area (Å²) in [6.07, 6.45) is 2.11. The largest absolute Gasteiger partial charge is 0.493 e. The number of hydrogen-bond donors (Lipinski definition) is 2. The number of rotatable bonds is 9. The first-order chi connectivity index (χ1) is 14.5. The molecule has 1 aliphatic heterocycles. The number of halogens is 1. The van der Waals surface area contributed by atoms with E-state index in [2.05, 4.69) is 24.5 Å². The van der Waals surface area contributed by atoms with E-state index in [4.69, 9.17) is 21.1 Å². The average molecular weight is 432 g/mol. The molecule has 1 heterocycles. The van der Waals surface area contributed by atoms with Crippen LogP contribution in [0.3, 0.4) is 0 Å². The van der Waals surface area contributed by atoms with Crippen LogP contribution < -0.4 is 19.3 Å². The Hall–Kier alpha value is -2.21. The first-order valence-corrected chi connectivity index (χ1v) is 10.8. The molecule has 3 rings (SSSR count). The highest BCUT2D eigenvalue weighted by molar-refractivity contribution is 6.30. The fourth-order valence-electron chi connectivity index (χ4n) is 3.89. The van der Waals surface area contributed by atoms with Gasteiger partial charge in [0.15, 0.2) is 11.5 Å². The maximum atomic E-state index is 10.5. The van der Waals surface area contributed by atoms with Crippen LogP contribution in [0, 0.1) is 6.92 Å². The Balaban J connectivity index is 1.48. The highest BCUT2D eigenvalue weighted by Crippen LogP contribution is 2.28. The van der Waals surface area contributed by atoms with E-state index in [1.54, 1.807) is 7.11 Å². The molecule has 2 aromatic carbocycles. The lowest BCUT2D eigenvalue weighted by molar-refractivity contribution is -0.903. The molecule has 0 spiro atoms. The smallest absolute Gasteiger partial charge is 0.161 e. The summed E-state index contributed by atoms with van der Waals surface area (Å²) in [5.41, 5.74) is 3.56. The zero-order chi connectivity index (χ0) is 21.5. The molecule has 5 nitrogen and oxygen atoms in total. The van der Waals surface area contributed by atoms with Crippen molar-refractivity contribution >= 4 is 17.3 Å². The van der Waals surface area contributed by atoms with E-state index < -0.39 is 6.10 Å². The molecular weight excluding hydrogens is 400 g/mol. The summed E-state index contributed by atoms with van der Waals surface area (Å²) in [7, 11) is 1.63. The lowest BCUT2D eigenvalue weighted by Crippen LogP contribution is -3.16. The van der Waals surface area contributed by atoms with Crippen LogP contribution in [0.2, 0.25) is 5.02 Å². The highest BCUT2D eigenvalue weighted by atomic mass is 35.5. The van der Waals surface area contributed by atoms with E-state index in [-0.39, 0.29) is 6.61 Å². The number of ether oxygens (including phenoxy) is 2. The number of anilines is 1. The molecule has 0 saturated carbocycles. The molecule has 1 atom stereocenters. The van der Waals surface area contributed by atoms with Crippen LogP contribution in [0.1, 0.15) is 11.1 Å². The third-order valence-electron chi connectivity index (χ3n) is 5.55. The third kappa shape index (κ3) is 5.91. The van der Waals surface area contributed by atoms with Gasteiger partial charge in [-0.25, -0.2) is 0 Å². The summed E-state index contributed by atoms with van der Waals surface area (Å²) < 4.78 is 11.3. The molecule has 0 aromatic heterocycles. The molecule has 162 valence electrons. The summed E-state index contributed by atoms with van der Waals surface area (Å²) in [5, 5.41) is 11.3. The van der Waals surface area contributed by atoms with Crippen molar-refractivity contribution < 1.29 is 19.5 Å². The number of hydrogen-bond acceptors (Lipinski definition) is 4. The highest BCUT2D eigenvalue weighted by Gasteiger charge is 2.24. The van der Waals surface area contributed by atoms with E-state index in [1.807, 2.05) is 36.4 Å². The quantitative estimate of drug-likeness (QED) is 0.599. The standard InChI is InChI=1S/C24H31ClN2O3/c1-4-5-19-7-9-23(24(14-19)29-3)30-17-21(28)16-26-10-12-27(13-11-26)22-15-20(25)8-6-18(22)2/h4,6-9,14-15,21,28H,1,5,10-13,16-17H2,2-3H3/p+1/t21-/m1/s1. The summed E-state index contributed by atoms with van der Waals surface area (Å²) in [6, 6.07) is 11.9. The number of aliphatic hydroxyl groups excluding tert-OH is 1. The molecule has 1 saturated heterocycles. The number of allylic oxidation sites excluding steroid dienone is 1. The van der Waals surface area contributed by atoms with Crippen LogP contribution >= 0.6 is 11.6 Å². The summed E-state index contributed by atoms with van der Waals surface area (Å²) in [4.78, 5) is 3.76. The van der Waals surface area contributed by atoms with Crippen LogP contribution in [0.4, 0.5) is 5.69 Å². The topological polar surface area (TPSA) is 46.4 Å². The Kier molecular flexibility index (Phi) is 8.02. The molecule has 30 heavy (non-hydrogen) atoms. The van der Waals surface area contributed by atoms with Crippen molar-refractivity contribution in [3.05, 3.63) is 65.2 Å². The van der Waals surface area contributed by atoms with Gasteiger partial charge in [-0.05, 0) is 48.7 Å². The van der Waals surface area contributed by atoms with Gasteiger partial charge < -0.3 is 24.4 Å². The van der Waals surface area contributed by atoms with Crippen LogP contribution in [-0.4, -0.2) is 57.7 Å². The van der Waals surface area contributed by atoms with Gasteiger partial charge in [-0.2, -0.15) is 0 Å². The second-order valence-electron chi connectivity index (χ2n) is 7.81. The zero-order valence-corrected chi connectivity index (χ0v) is 18.6. The van der Waals surface area contributed by atoms with Gasteiger partial charge in [0.05, 0.1) is 33.3 Å². The Morgan fingerprint density at radius 3 is 2.67 bits per heavy atom. The van der Waals surface area contributed by atoms with Gasteiger partial charge in [0.2, 0.25) is 0 Å². The molecule has 0 radical (unpaired) electrons. The predicted octanol–water partition coefficient (Wildman–Crippen LogP) is 2.53. The number of quaternary nitrogens is 1.